The van der Waals surface area contributed by atoms with E-state index < -0.39 is 0 Å². The Morgan fingerprint density at radius 3 is 2.75 bits per heavy atom. The summed E-state index contributed by atoms with van der Waals surface area (Å²) in [6, 6.07) is 13.5. The van der Waals surface area contributed by atoms with E-state index >= 15 is 0 Å². The molecule has 0 atom stereocenters. The Hall–Kier alpha value is -1.38. The quantitative estimate of drug-likeness (QED) is 0.548. The number of rotatable bonds is 0. The van der Waals surface area contributed by atoms with Crippen LogP contribution in [0.25, 0.3) is 20.5 Å². The molecule has 16 heavy (non-hydrogen) atoms. The zero-order chi connectivity index (χ0) is 11.1. The van der Waals surface area contributed by atoms with Gasteiger partial charge in [-0.1, -0.05) is 29.8 Å². The molecule has 1 aliphatic heterocycles. The molecule has 78 valence electrons. The molecule has 0 aromatic heterocycles. The lowest BCUT2D eigenvalue weighted by atomic mass is 10.1. The summed E-state index contributed by atoms with van der Waals surface area (Å²) in [6.07, 6.45) is 0. The summed E-state index contributed by atoms with van der Waals surface area (Å²) >= 11 is 7.45. The molecule has 0 saturated heterocycles. The van der Waals surface area contributed by atoms with Crippen molar-refractivity contribution in [1.82, 2.24) is 0 Å². The summed E-state index contributed by atoms with van der Waals surface area (Å²) < 4.78 is 1.18. The van der Waals surface area contributed by atoms with Crippen LogP contribution >= 0.6 is 22.9 Å². The third-order valence-electron chi connectivity index (χ3n) is 2.55. The average Bonchev–Trinajstić information content (AvgIpc) is 2.32. The summed E-state index contributed by atoms with van der Waals surface area (Å²) in [6.45, 7) is 0. The first-order valence-corrected chi connectivity index (χ1v) is 6.06. The van der Waals surface area contributed by atoms with E-state index in [9.17, 15) is 4.79 Å². The minimum Gasteiger partial charge on any atom is -0.288 e. The van der Waals surface area contributed by atoms with Crippen molar-refractivity contribution >= 4 is 33.0 Å². The van der Waals surface area contributed by atoms with Crippen LogP contribution in [0, 0.1) is 0 Å². The number of hydrogen-bond donors (Lipinski definition) is 0. The third kappa shape index (κ3) is 1.42. The van der Waals surface area contributed by atoms with E-state index in [0.717, 1.165) is 10.3 Å². The van der Waals surface area contributed by atoms with Gasteiger partial charge in [0.2, 0.25) is 5.43 Å². The molecular formula is C13H7ClOS. The van der Waals surface area contributed by atoms with Gasteiger partial charge < -0.3 is 0 Å². The van der Waals surface area contributed by atoms with Gasteiger partial charge in [-0.05, 0) is 29.7 Å². The maximum atomic E-state index is 11.8. The molecule has 0 N–H and O–H groups in total. The molecule has 3 rings (SSSR count). The van der Waals surface area contributed by atoms with Gasteiger partial charge in [0, 0.05) is 15.1 Å². The summed E-state index contributed by atoms with van der Waals surface area (Å²) in [7, 11) is 0. The fourth-order valence-corrected chi connectivity index (χ4v) is 2.94. The first kappa shape index (κ1) is 9.82. The Morgan fingerprint density at radius 1 is 1.06 bits per heavy atom. The number of fused-ring (bicyclic) bond motifs is 2. The van der Waals surface area contributed by atoms with Gasteiger partial charge in [0.15, 0.2) is 0 Å². The standard InChI is InChI=1S/C13H7ClOS/c14-10-5-6-12-9(13(10)15)7-8-3-1-2-4-11(8)16-12/h1-7H. The van der Waals surface area contributed by atoms with Crippen molar-refractivity contribution in [1.29, 1.82) is 0 Å². The average molecular weight is 247 g/mol. The second-order valence-corrected chi connectivity index (χ2v) is 5.06. The maximum absolute atomic E-state index is 11.8. The topological polar surface area (TPSA) is 17.1 Å². The molecule has 0 fully saturated rings. The molecule has 0 unspecified atom stereocenters. The zero-order valence-electron chi connectivity index (χ0n) is 8.24. The van der Waals surface area contributed by atoms with Crippen LogP contribution in [0.5, 0.6) is 0 Å². The Labute approximate surface area is 101 Å². The molecule has 0 amide bonds. The van der Waals surface area contributed by atoms with E-state index in [-0.39, 0.29) is 10.5 Å². The maximum Gasteiger partial charge on any atom is 0.205 e. The normalized spacial score (nSPS) is 11.1. The van der Waals surface area contributed by atoms with Gasteiger partial charge in [0.05, 0.1) is 5.02 Å². The summed E-state index contributed by atoms with van der Waals surface area (Å²) in [5, 5.41) is 1.37. The smallest absolute Gasteiger partial charge is 0.205 e. The fourth-order valence-electron chi connectivity index (χ4n) is 1.75. The van der Waals surface area contributed by atoms with Crippen molar-refractivity contribution in [2.24, 2.45) is 0 Å². The van der Waals surface area contributed by atoms with Gasteiger partial charge in [-0.15, -0.1) is 11.3 Å². The highest BCUT2D eigenvalue weighted by molar-refractivity contribution is 7.21. The molecule has 1 heterocycles. The van der Waals surface area contributed by atoms with E-state index in [1.54, 1.807) is 17.4 Å². The Morgan fingerprint density at radius 2 is 1.88 bits per heavy atom. The van der Waals surface area contributed by atoms with Gasteiger partial charge in [0.1, 0.15) is 0 Å². The molecule has 2 aliphatic rings. The van der Waals surface area contributed by atoms with Crippen molar-refractivity contribution in [2.75, 3.05) is 0 Å². The van der Waals surface area contributed by atoms with E-state index in [0.29, 0.717) is 5.56 Å². The molecule has 1 nitrogen and oxygen atoms in total. The van der Waals surface area contributed by atoms with E-state index in [2.05, 4.69) is 6.07 Å². The van der Waals surface area contributed by atoms with E-state index in [1.165, 1.54) is 4.70 Å². The van der Waals surface area contributed by atoms with Crippen molar-refractivity contribution in [2.45, 2.75) is 0 Å². The molecule has 0 radical (unpaired) electrons. The highest BCUT2D eigenvalue weighted by Gasteiger charge is 2.10. The van der Waals surface area contributed by atoms with Crippen LogP contribution < -0.4 is 5.43 Å². The van der Waals surface area contributed by atoms with Gasteiger partial charge in [-0.2, -0.15) is 0 Å². The Kier molecular flexibility index (Phi) is 2.20. The zero-order valence-corrected chi connectivity index (χ0v) is 9.81. The van der Waals surface area contributed by atoms with Crippen LogP contribution in [-0.4, -0.2) is 0 Å². The Bertz CT molecular complexity index is 702. The van der Waals surface area contributed by atoms with E-state index in [4.69, 9.17) is 11.6 Å². The van der Waals surface area contributed by atoms with Crippen LogP contribution in [0.1, 0.15) is 0 Å². The van der Waals surface area contributed by atoms with E-state index in [1.807, 2.05) is 30.3 Å². The van der Waals surface area contributed by atoms with Crippen LogP contribution in [0.4, 0.5) is 0 Å². The highest BCUT2D eigenvalue weighted by Crippen LogP contribution is 2.31. The predicted molar refractivity (Wildman–Crippen MR) is 69.7 cm³/mol. The lowest BCUT2D eigenvalue weighted by molar-refractivity contribution is 1.59. The van der Waals surface area contributed by atoms with Gasteiger partial charge in [-0.25, -0.2) is 0 Å². The Balaban J connectivity index is 2.53. The monoisotopic (exact) mass is 246 g/mol. The first-order chi connectivity index (χ1) is 7.75. The summed E-state index contributed by atoms with van der Waals surface area (Å²) in [5.74, 6) is 0. The molecule has 0 spiro atoms. The van der Waals surface area contributed by atoms with Crippen molar-refractivity contribution < 1.29 is 0 Å². The first-order valence-electron chi connectivity index (χ1n) is 4.87. The molecule has 0 saturated carbocycles. The fraction of sp³-hybridized carbons (Fsp3) is 0. The second kappa shape index (κ2) is 3.58. The van der Waals surface area contributed by atoms with Crippen LogP contribution in [0.2, 0.25) is 5.02 Å². The number of benzene rings is 2. The molecule has 3 heteroatoms. The largest absolute Gasteiger partial charge is 0.288 e. The molecule has 1 aromatic rings. The van der Waals surface area contributed by atoms with Crippen molar-refractivity contribution in [3.8, 4) is 10.4 Å². The van der Waals surface area contributed by atoms with Crippen molar-refractivity contribution in [3.05, 3.63) is 57.7 Å². The summed E-state index contributed by atoms with van der Waals surface area (Å²) in [4.78, 5) is 12.8. The van der Waals surface area contributed by atoms with Crippen LogP contribution in [0.3, 0.4) is 0 Å². The van der Waals surface area contributed by atoms with Crippen LogP contribution in [0.15, 0.2) is 47.3 Å². The van der Waals surface area contributed by atoms with Gasteiger partial charge in [-0.3, -0.25) is 4.79 Å². The molecule has 0 bridgehead atoms. The molecule has 1 aromatic carbocycles. The SMILES string of the molecule is O=c1c(Cl)ccc2sc3ccccc3cc1-2. The second-order valence-electron chi connectivity index (χ2n) is 3.57. The van der Waals surface area contributed by atoms with Gasteiger partial charge >= 0.3 is 0 Å². The summed E-state index contributed by atoms with van der Waals surface area (Å²) in [5.41, 5.74) is 0.623. The number of halogens is 1. The number of hydrogen-bond acceptors (Lipinski definition) is 2. The predicted octanol–water partition coefficient (Wildman–Crippen LogP) is 4.02. The third-order valence-corrected chi connectivity index (χ3v) is 4.01. The molecule has 1 aliphatic carbocycles. The van der Waals surface area contributed by atoms with Crippen molar-refractivity contribution in [3.63, 3.8) is 0 Å². The highest BCUT2D eigenvalue weighted by atomic mass is 35.5. The van der Waals surface area contributed by atoms with Gasteiger partial charge in [0.25, 0.3) is 0 Å². The lowest BCUT2D eigenvalue weighted by Gasteiger charge is -2.05. The minimum absolute atomic E-state index is 0.0823. The molecular weight excluding hydrogens is 240 g/mol. The van der Waals surface area contributed by atoms with Crippen LogP contribution in [-0.2, 0) is 0 Å². The lowest BCUT2D eigenvalue weighted by Crippen LogP contribution is -2.04. The minimum atomic E-state index is -0.0823.